The Hall–Kier alpha value is -2.42. The van der Waals surface area contributed by atoms with Gasteiger partial charge in [0, 0.05) is 13.1 Å². The summed E-state index contributed by atoms with van der Waals surface area (Å²) in [6.45, 7) is 7.19. The van der Waals surface area contributed by atoms with Crippen LogP contribution in [0.2, 0.25) is 0 Å². The third-order valence-electron chi connectivity index (χ3n) is 4.74. The van der Waals surface area contributed by atoms with E-state index in [0.717, 1.165) is 11.3 Å². The zero-order chi connectivity index (χ0) is 20.1. The molecule has 0 N–H and O–H groups in total. The van der Waals surface area contributed by atoms with Crippen molar-refractivity contribution in [1.82, 2.24) is 25.1 Å². The fourth-order valence-electron chi connectivity index (χ4n) is 3.24. The minimum atomic E-state index is -0.325. The van der Waals surface area contributed by atoms with Gasteiger partial charge in [-0.3, -0.25) is 9.59 Å². The Morgan fingerprint density at radius 1 is 1.32 bits per heavy atom. The maximum Gasteiger partial charge on any atom is 0.309 e. The molecule has 1 fully saturated rings. The van der Waals surface area contributed by atoms with Gasteiger partial charge >= 0.3 is 5.97 Å². The summed E-state index contributed by atoms with van der Waals surface area (Å²) in [7, 11) is 0. The number of esters is 1. The zero-order valence-electron chi connectivity index (χ0n) is 16.4. The van der Waals surface area contributed by atoms with E-state index in [-0.39, 0.29) is 23.0 Å². The van der Waals surface area contributed by atoms with Crippen molar-refractivity contribution in [1.29, 1.82) is 0 Å². The van der Waals surface area contributed by atoms with Crippen LogP contribution in [-0.2, 0) is 14.3 Å². The molecule has 2 heterocycles. The Balaban J connectivity index is 1.60. The van der Waals surface area contributed by atoms with E-state index in [0.29, 0.717) is 37.7 Å². The summed E-state index contributed by atoms with van der Waals surface area (Å²) in [6.07, 6.45) is 1.28. The Morgan fingerprint density at radius 2 is 2.07 bits per heavy atom. The highest BCUT2D eigenvalue weighted by atomic mass is 32.2. The number of aryl methyl sites for hydroxylation is 1. The largest absolute Gasteiger partial charge is 0.466 e. The van der Waals surface area contributed by atoms with Gasteiger partial charge in [-0.15, -0.1) is 5.10 Å². The van der Waals surface area contributed by atoms with E-state index in [1.165, 1.54) is 11.8 Å². The molecule has 1 amide bonds. The first-order valence-corrected chi connectivity index (χ1v) is 10.3. The monoisotopic (exact) mass is 403 g/mol. The lowest BCUT2D eigenvalue weighted by molar-refractivity contribution is -0.151. The van der Waals surface area contributed by atoms with Crippen LogP contribution in [0.15, 0.2) is 29.4 Å². The summed E-state index contributed by atoms with van der Waals surface area (Å²) < 4.78 is 6.73. The van der Waals surface area contributed by atoms with Crippen molar-refractivity contribution in [3.63, 3.8) is 0 Å². The lowest BCUT2D eigenvalue weighted by Crippen LogP contribution is -2.43. The third-order valence-corrected chi connectivity index (χ3v) is 5.76. The van der Waals surface area contributed by atoms with Crippen molar-refractivity contribution >= 4 is 23.6 Å². The van der Waals surface area contributed by atoms with Gasteiger partial charge < -0.3 is 9.64 Å². The third kappa shape index (κ3) is 4.70. The number of nitrogens with zero attached hydrogens (tertiary/aromatic N) is 5. The van der Waals surface area contributed by atoms with Gasteiger partial charge in [0.1, 0.15) is 0 Å². The fraction of sp³-hybridized carbons (Fsp3) is 0.526. The van der Waals surface area contributed by atoms with E-state index in [1.807, 2.05) is 43.0 Å². The number of carbonyl (C=O) groups is 2. The van der Waals surface area contributed by atoms with Gasteiger partial charge in [0.05, 0.1) is 23.5 Å². The van der Waals surface area contributed by atoms with Gasteiger partial charge in [0.25, 0.3) is 0 Å². The molecule has 28 heavy (non-hydrogen) atoms. The Kier molecular flexibility index (Phi) is 6.66. The molecule has 1 aromatic heterocycles. The lowest BCUT2D eigenvalue weighted by Gasteiger charge is -2.32. The molecule has 8 nitrogen and oxygen atoms in total. The van der Waals surface area contributed by atoms with Crippen LogP contribution in [0.3, 0.4) is 0 Å². The van der Waals surface area contributed by atoms with E-state index in [4.69, 9.17) is 4.74 Å². The van der Waals surface area contributed by atoms with Gasteiger partial charge in [-0.1, -0.05) is 23.9 Å². The second-order valence-electron chi connectivity index (χ2n) is 6.82. The van der Waals surface area contributed by atoms with Gasteiger partial charge in [0.15, 0.2) is 0 Å². The Labute approximate surface area is 168 Å². The first-order valence-electron chi connectivity index (χ1n) is 9.47. The Bertz CT molecular complexity index is 832. The van der Waals surface area contributed by atoms with E-state index in [9.17, 15) is 9.59 Å². The molecule has 0 radical (unpaired) electrons. The highest BCUT2D eigenvalue weighted by molar-refractivity contribution is 8.00. The smallest absolute Gasteiger partial charge is 0.309 e. The molecule has 1 aliphatic heterocycles. The van der Waals surface area contributed by atoms with Gasteiger partial charge in [-0.05, 0) is 61.7 Å². The molecule has 0 aliphatic carbocycles. The Morgan fingerprint density at radius 3 is 2.75 bits per heavy atom. The quantitative estimate of drug-likeness (QED) is 0.540. The first kappa shape index (κ1) is 20.3. The minimum absolute atomic E-state index is 0.0334. The number of piperidine rings is 1. The predicted octanol–water partition coefficient (Wildman–Crippen LogP) is 2.25. The normalized spacial score (nSPS) is 16.0. The molecule has 150 valence electrons. The number of carbonyl (C=O) groups excluding carboxylic acids is 2. The molecule has 1 aromatic carbocycles. The second-order valence-corrected chi connectivity index (χ2v) is 8.13. The summed E-state index contributed by atoms with van der Waals surface area (Å²) in [6, 6.07) is 7.88. The average Bonchev–Trinajstić information content (AvgIpc) is 3.16. The number of thioether (sulfide) groups is 1. The highest BCUT2D eigenvalue weighted by Gasteiger charge is 2.31. The molecule has 1 aliphatic rings. The molecule has 1 atom stereocenters. The molecule has 0 saturated carbocycles. The SMILES string of the molecule is CCOC(=O)C1CCN(C(=O)[C@@H](C)Sc2nnnn2-c2cccc(C)c2)CC1. The average molecular weight is 404 g/mol. The van der Waals surface area contributed by atoms with Crippen LogP contribution < -0.4 is 0 Å². The van der Waals surface area contributed by atoms with E-state index in [1.54, 1.807) is 11.6 Å². The molecular weight excluding hydrogens is 378 g/mol. The van der Waals surface area contributed by atoms with Crippen LogP contribution in [0.1, 0.15) is 32.3 Å². The van der Waals surface area contributed by atoms with Crippen molar-refractivity contribution in [2.24, 2.45) is 5.92 Å². The van der Waals surface area contributed by atoms with Crippen LogP contribution >= 0.6 is 11.8 Å². The zero-order valence-corrected chi connectivity index (χ0v) is 17.2. The second kappa shape index (κ2) is 9.18. The van der Waals surface area contributed by atoms with Crippen LogP contribution in [0.25, 0.3) is 5.69 Å². The molecule has 0 bridgehead atoms. The molecule has 2 aromatic rings. The van der Waals surface area contributed by atoms with E-state index < -0.39 is 0 Å². The molecule has 0 spiro atoms. The van der Waals surface area contributed by atoms with Gasteiger partial charge in [-0.25, -0.2) is 0 Å². The molecular formula is C19H25N5O3S. The van der Waals surface area contributed by atoms with Crippen LogP contribution in [0.5, 0.6) is 0 Å². The summed E-state index contributed by atoms with van der Waals surface area (Å²) in [5, 5.41) is 12.2. The number of rotatable bonds is 6. The minimum Gasteiger partial charge on any atom is -0.466 e. The van der Waals surface area contributed by atoms with Crippen molar-refractivity contribution in [3.05, 3.63) is 29.8 Å². The topological polar surface area (TPSA) is 90.2 Å². The lowest BCUT2D eigenvalue weighted by atomic mass is 9.97. The van der Waals surface area contributed by atoms with Crippen LogP contribution in [-0.4, -0.2) is 61.9 Å². The maximum atomic E-state index is 12.8. The van der Waals surface area contributed by atoms with Gasteiger partial charge in [0.2, 0.25) is 11.1 Å². The van der Waals surface area contributed by atoms with Crippen molar-refractivity contribution < 1.29 is 14.3 Å². The number of amides is 1. The maximum absolute atomic E-state index is 12.8. The predicted molar refractivity (Wildman–Crippen MR) is 105 cm³/mol. The van der Waals surface area contributed by atoms with Crippen molar-refractivity contribution in [2.75, 3.05) is 19.7 Å². The molecule has 9 heteroatoms. The van der Waals surface area contributed by atoms with Gasteiger partial charge in [-0.2, -0.15) is 4.68 Å². The van der Waals surface area contributed by atoms with Crippen LogP contribution in [0, 0.1) is 12.8 Å². The number of hydrogen-bond acceptors (Lipinski definition) is 7. The summed E-state index contributed by atoms with van der Waals surface area (Å²) in [4.78, 5) is 26.5. The number of hydrogen-bond donors (Lipinski definition) is 0. The number of tetrazole rings is 1. The number of benzene rings is 1. The summed E-state index contributed by atoms with van der Waals surface area (Å²) in [5.41, 5.74) is 1.97. The fourth-order valence-corrected chi connectivity index (χ4v) is 4.13. The van der Waals surface area contributed by atoms with E-state index >= 15 is 0 Å². The number of aromatic nitrogens is 4. The first-order chi connectivity index (χ1) is 13.5. The number of ether oxygens (including phenoxy) is 1. The van der Waals surface area contributed by atoms with Crippen molar-refractivity contribution in [2.45, 2.75) is 44.0 Å². The summed E-state index contributed by atoms with van der Waals surface area (Å²) >= 11 is 1.34. The number of likely N-dealkylation sites (tertiary alicyclic amines) is 1. The molecule has 3 rings (SSSR count). The molecule has 0 unspecified atom stereocenters. The standard InChI is InChI=1S/C19H25N5O3S/c1-4-27-18(26)15-8-10-23(11-9-15)17(25)14(3)28-19-20-21-22-24(19)16-7-5-6-13(2)12-16/h5-7,12,14-15H,4,8-11H2,1-3H3/t14-/m1/s1. The van der Waals surface area contributed by atoms with Crippen LogP contribution in [0.4, 0.5) is 0 Å². The van der Waals surface area contributed by atoms with Crippen molar-refractivity contribution in [3.8, 4) is 5.69 Å². The molecule has 1 saturated heterocycles. The highest BCUT2D eigenvalue weighted by Crippen LogP contribution is 2.26. The summed E-state index contributed by atoms with van der Waals surface area (Å²) in [5.74, 6) is -0.235. The van der Waals surface area contributed by atoms with E-state index in [2.05, 4.69) is 15.5 Å².